The summed E-state index contributed by atoms with van der Waals surface area (Å²) >= 11 is 0. The van der Waals surface area contributed by atoms with Gasteiger partial charge in [0.05, 0.1) is 0 Å². The van der Waals surface area contributed by atoms with E-state index in [1.54, 1.807) is 0 Å². The predicted octanol–water partition coefficient (Wildman–Crippen LogP) is 1.98. The normalized spacial score (nSPS) is 27.2. The first-order chi connectivity index (χ1) is 8.89. The Bertz CT molecular complexity index is 294. The first kappa shape index (κ1) is 17.9. The van der Waals surface area contributed by atoms with Crippen LogP contribution >= 0.6 is 0 Å². The van der Waals surface area contributed by atoms with Gasteiger partial charge in [-0.15, -0.1) is 0 Å². The lowest BCUT2D eigenvalue weighted by Gasteiger charge is -2.46. The second kappa shape index (κ2) is 8.15. The van der Waals surface area contributed by atoms with Gasteiger partial charge in [-0.2, -0.15) is 0 Å². The third-order valence-corrected chi connectivity index (χ3v) is 3.83. The summed E-state index contributed by atoms with van der Waals surface area (Å²) < 4.78 is 0. The first-order valence-corrected chi connectivity index (χ1v) is 7.15. The molecule has 1 heterocycles. The maximum Gasteiger partial charge on any atom is 0.321 e. The average molecular weight is 271 g/mol. The predicted molar refractivity (Wildman–Crippen MR) is 78.0 cm³/mol. The highest BCUT2D eigenvalue weighted by molar-refractivity contribution is 5.84. The van der Waals surface area contributed by atoms with Crippen LogP contribution in [0.5, 0.6) is 0 Å². The van der Waals surface area contributed by atoms with Gasteiger partial charge in [-0.05, 0) is 33.1 Å². The summed E-state index contributed by atoms with van der Waals surface area (Å²) in [6.07, 6.45) is 1.31. The second-order valence-corrected chi connectivity index (χ2v) is 5.37. The molecule has 1 rings (SSSR count). The fraction of sp³-hybridized carbons (Fsp3) is 0.857. The van der Waals surface area contributed by atoms with E-state index in [0.29, 0.717) is 18.4 Å². The summed E-state index contributed by atoms with van der Waals surface area (Å²) in [6, 6.07) is 0.123. The van der Waals surface area contributed by atoms with Gasteiger partial charge >= 0.3 is 6.03 Å². The van der Waals surface area contributed by atoms with Crippen molar-refractivity contribution >= 4 is 12.4 Å². The summed E-state index contributed by atoms with van der Waals surface area (Å²) in [5.74, 6) is 0.357. The molecule has 0 aromatic heterocycles. The molecule has 2 unspecified atom stereocenters. The van der Waals surface area contributed by atoms with Gasteiger partial charge in [0.1, 0.15) is 0 Å². The van der Waals surface area contributed by atoms with Gasteiger partial charge in [0.25, 0.3) is 0 Å². The van der Waals surface area contributed by atoms with E-state index in [4.69, 9.17) is 0 Å². The van der Waals surface area contributed by atoms with Crippen LogP contribution in [0.3, 0.4) is 0 Å². The number of likely N-dealkylation sites (tertiary alicyclic amines) is 1. The van der Waals surface area contributed by atoms with Crippen molar-refractivity contribution in [2.24, 2.45) is 5.92 Å². The van der Waals surface area contributed by atoms with E-state index in [1.807, 2.05) is 20.8 Å². The number of amides is 3. The van der Waals surface area contributed by atoms with Crippen molar-refractivity contribution in [3.8, 4) is 0 Å². The van der Waals surface area contributed by atoms with Crippen LogP contribution < -0.4 is 10.6 Å². The standard InChI is InChI=1S/C12H23N3O2.C2H6/c1-9(2)15-6-5-12(4,10(3)7-15)14-11(17)13-8-16;1-2/h8-10H,5-7H2,1-4H3,(H2,13,14,16,17);1-2H3. The molecule has 0 saturated carbocycles. The molecular weight excluding hydrogens is 242 g/mol. The number of urea groups is 1. The van der Waals surface area contributed by atoms with E-state index in [-0.39, 0.29) is 5.54 Å². The van der Waals surface area contributed by atoms with Gasteiger partial charge in [-0.25, -0.2) is 4.79 Å². The van der Waals surface area contributed by atoms with E-state index in [9.17, 15) is 9.59 Å². The fourth-order valence-corrected chi connectivity index (χ4v) is 2.27. The lowest BCUT2D eigenvalue weighted by molar-refractivity contribution is -0.108. The van der Waals surface area contributed by atoms with Crippen LogP contribution in [0.1, 0.15) is 48.0 Å². The Balaban J connectivity index is 0.00000154. The molecule has 2 atom stereocenters. The lowest BCUT2D eigenvalue weighted by atomic mass is 9.80. The number of nitrogens with zero attached hydrogens (tertiary/aromatic N) is 1. The van der Waals surface area contributed by atoms with Crippen molar-refractivity contribution in [2.45, 2.75) is 59.5 Å². The van der Waals surface area contributed by atoms with Gasteiger partial charge in [0, 0.05) is 24.7 Å². The third-order valence-electron chi connectivity index (χ3n) is 3.83. The molecule has 1 saturated heterocycles. The van der Waals surface area contributed by atoms with Gasteiger partial charge in [-0.3, -0.25) is 10.1 Å². The van der Waals surface area contributed by atoms with Crippen molar-refractivity contribution in [3.63, 3.8) is 0 Å². The van der Waals surface area contributed by atoms with Crippen molar-refractivity contribution < 1.29 is 9.59 Å². The molecule has 0 aromatic carbocycles. The fourth-order valence-electron chi connectivity index (χ4n) is 2.27. The van der Waals surface area contributed by atoms with E-state index < -0.39 is 6.03 Å². The molecule has 0 radical (unpaired) electrons. The summed E-state index contributed by atoms with van der Waals surface area (Å²) in [5.41, 5.74) is -0.238. The highest BCUT2D eigenvalue weighted by Crippen LogP contribution is 2.28. The molecule has 0 spiro atoms. The summed E-state index contributed by atoms with van der Waals surface area (Å²) in [4.78, 5) is 24.0. The molecule has 3 amide bonds. The number of piperidine rings is 1. The number of rotatable bonds is 3. The Morgan fingerprint density at radius 3 is 2.42 bits per heavy atom. The Labute approximate surface area is 117 Å². The van der Waals surface area contributed by atoms with Gasteiger partial charge < -0.3 is 10.2 Å². The quantitative estimate of drug-likeness (QED) is 0.772. The van der Waals surface area contributed by atoms with Crippen LogP contribution in [-0.2, 0) is 4.79 Å². The van der Waals surface area contributed by atoms with Gasteiger partial charge in [0.15, 0.2) is 0 Å². The average Bonchev–Trinajstić information content (AvgIpc) is 2.35. The SMILES string of the molecule is CC.CC(C)N1CCC(C)(NC(=O)NC=O)C(C)C1. The molecular formula is C14H29N3O2. The van der Waals surface area contributed by atoms with E-state index in [0.717, 1.165) is 19.5 Å². The summed E-state index contributed by atoms with van der Waals surface area (Å²) in [7, 11) is 0. The number of hydrogen-bond acceptors (Lipinski definition) is 3. The molecule has 112 valence electrons. The largest absolute Gasteiger partial charge is 0.332 e. The number of imide groups is 1. The zero-order valence-electron chi connectivity index (χ0n) is 13.1. The van der Waals surface area contributed by atoms with E-state index >= 15 is 0 Å². The first-order valence-electron chi connectivity index (χ1n) is 7.15. The number of nitrogens with one attached hydrogen (secondary N) is 2. The zero-order chi connectivity index (χ0) is 15.1. The van der Waals surface area contributed by atoms with Gasteiger partial charge in [0.2, 0.25) is 6.41 Å². The second-order valence-electron chi connectivity index (χ2n) is 5.37. The molecule has 0 aliphatic carbocycles. The van der Waals surface area contributed by atoms with Crippen LogP contribution in [0.4, 0.5) is 4.79 Å². The summed E-state index contributed by atoms with van der Waals surface area (Å²) in [5, 5.41) is 5.03. The van der Waals surface area contributed by atoms with Crippen LogP contribution in [0, 0.1) is 5.92 Å². The van der Waals surface area contributed by atoms with Crippen LogP contribution in [0.15, 0.2) is 0 Å². The maximum atomic E-state index is 11.4. The molecule has 1 aliphatic rings. The Morgan fingerprint density at radius 2 is 2.00 bits per heavy atom. The molecule has 1 aliphatic heterocycles. The molecule has 19 heavy (non-hydrogen) atoms. The highest BCUT2D eigenvalue weighted by Gasteiger charge is 2.38. The maximum absolute atomic E-state index is 11.4. The lowest BCUT2D eigenvalue weighted by Crippen LogP contribution is -2.61. The van der Waals surface area contributed by atoms with Crippen molar-refractivity contribution in [2.75, 3.05) is 13.1 Å². The smallest absolute Gasteiger partial charge is 0.321 e. The van der Waals surface area contributed by atoms with E-state index in [2.05, 4.69) is 36.3 Å². The molecule has 0 aromatic rings. The van der Waals surface area contributed by atoms with E-state index in [1.165, 1.54) is 0 Å². The molecule has 1 fully saturated rings. The highest BCUT2D eigenvalue weighted by atomic mass is 16.2. The van der Waals surface area contributed by atoms with Crippen LogP contribution in [0.2, 0.25) is 0 Å². The number of hydrogen-bond donors (Lipinski definition) is 2. The van der Waals surface area contributed by atoms with Crippen molar-refractivity contribution in [1.82, 2.24) is 15.5 Å². The van der Waals surface area contributed by atoms with Crippen molar-refractivity contribution in [3.05, 3.63) is 0 Å². The Hall–Kier alpha value is -1.10. The molecule has 5 nitrogen and oxygen atoms in total. The monoisotopic (exact) mass is 271 g/mol. The Kier molecular flexibility index (Phi) is 7.68. The Morgan fingerprint density at radius 1 is 1.42 bits per heavy atom. The van der Waals surface area contributed by atoms with Crippen LogP contribution in [-0.4, -0.2) is 42.0 Å². The van der Waals surface area contributed by atoms with Gasteiger partial charge in [-0.1, -0.05) is 20.8 Å². The minimum atomic E-state index is -0.410. The topological polar surface area (TPSA) is 61.4 Å². The minimum absolute atomic E-state index is 0.238. The molecule has 5 heteroatoms. The van der Waals surface area contributed by atoms with Crippen molar-refractivity contribution in [1.29, 1.82) is 0 Å². The molecule has 0 bridgehead atoms. The molecule has 2 N–H and O–H groups in total. The third kappa shape index (κ3) is 5.19. The summed E-state index contributed by atoms with van der Waals surface area (Å²) in [6.45, 7) is 14.5. The minimum Gasteiger partial charge on any atom is -0.332 e. The number of carbonyl (C=O) groups is 2. The zero-order valence-corrected chi connectivity index (χ0v) is 13.1. The number of carbonyl (C=O) groups excluding carboxylic acids is 2. The van der Waals surface area contributed by atoms with Crippen LogP contribution in [0.25, 0.3) is 0 Å².